The van der Waals surface area contributed by atoms with Crippen LogP contribution in [0.2, 0.25) is 0 Å². The van der Waals surface area contributed by atoms with E-state index in [0.717, 1.165) is 0 Å². The third kappa shape index (κ3) is 2.86. The summed E-state index contributed by atoms with van der Waals surface area (Å²) in [7, 11) is 0. The van der Waals surface area contributed by atoms with Gasteiger partial charge in [-0.15, -0.1) is 10.2 Å². The molecule has 0 saturated heterocycles. The number of aromatic nitrogens is 2. The molecule has 0 aliphatic carbocycles. The highest BCUT2D eigenvalue weighted by atomic mass is 32.2. The Hall–Kier alpha value is -1.89. The predicted molar refractivity (Wildman–Crippen MR) is 66.3 cm³/mol. The van der Waals surface area contributed by atoms with Gasteiger partial charge < -0.3 is 4.42 Å². The molecule has 7 heteroatoms. The second-order valence-corrected chi connectivity index (χ2v) is 4.42. The second-order valence-electron chi connectivity index (χ2n) is 3.49. The minimum Gasteiger partial charge on any atom is -0.416 e. The summed E-state index contributed by atoms with van der Waals surface area (Å²) in [4.78, 5) is 10.4. The van der Waals surface area contributed by atoms with Gasteiger partial charge in [0.05, 0.1) is 4.92 Å². The molecule has 0 atom stereocenters. The van der Waals surface area contributed by atoms with Gasteiger partial charge in [0.25, 0.3) is 10.9 Å². The molecule has 0 amide bonds. The summed E-state index contributed by atoms with van der Waals surface area (Å²) >= 11 is 1.30. The molecule has 0 saturated carbocycles. The number of nitro benzene ring substituents is 1. The molecule has 6 nitrogen and oxygen atoms in total. The lowest BCUT2D eigenvalue weighted by atomic mass is 10.2. The molecule has 0 aliphatic heterocycles. The zero-order valence-corrected chi connectivity index (χ0v) is 10.5. The van der Waals surface area contributed by atoms with Gasteiger partial charge in [-0.25, -0.2) is 0 Å². The van der Waals surface area contributed by atoms with E-state index in [0.29, 0.717) is 28.9 Å². The number of benzene rings is 1. The fourth-order valence-corrected chi connectivity index (χ4v) is 2.17. The fraction of sp³-hybridized carbons (Fsp3) is 0.273. The van der Waals surface area contributed by atoms with E-state index in [1.165, 1.54) is 17.8 Å². The first-order chi connectivity index (χ1) is 8.70. The third-order valence-electron chi connectivity index (χ3n) is 2.29. The maximum Gasteiger partial charge on any atom is 0.276 e. The standard InChI is InChI=1S/C11H11N3O3S/c1-2-10-12-13-11(17-10)18-7-8-5-3-4-6-9(8)14(15)16/h3-6H,2,7H2,1H3. The Morgan fingerprint density at radius 2 is 2.17 bits per heavy atom. The van der Waals surface area contributed by atoms with Crippen LogP contribution < -0.4 is 0 Å². The number of hydrogen-bond donors (Lipinski definition) is 0. The van der Waals surface area contributed by atoms with Crippen LogP contribution >= 0.6 is 11.8 Å². The minimum atomic E-state index is -0.388. The quantitative estimate of drug-likeness (QED) is 0.469. The molecule has 18 heavy (non-hydrogen) atoms. The summed E-state index contributed by atoms with van der Waals surface area (Å²) in [5.74, 6) is 1.00. The Balaban J connectivity index is 2.08. The van der Waals surface area contributed by atoms with Crippen molar-refractivity contribution in [3.05, 3.63) is 45.8 Å². The van der Waals surface area contributed by atoms with Crippen molar-refractivity contribution in [3.8, 4) is 0 Å². The number of para-hydroxylation sites is 1. The largest absolute Gasteiger partial charge is 0.416 e. The van der Waals surface area contributed by atoms with Crippen molar-refractivity contribution in [3.63, 3.8) is 0 Å². The molecular weight excluding hydrogens is 254 g/mol. The van der Waals surface area contributed by atoms with Gasteiger partial charge in [0.15, 0.2) is 0 Å². The maximum atomic E-state index is 10.8. The van der Waals surface area contributed by atoms with Crippen molar-refractivity contribution in [2.24, 2.45) is 0 Å². The molecule has 0 bridgehead atoms. The smallest absolute Gasteiger partial charge is 0.276 e. The van der Waals surface area contributed by atoms with Crippen molar-refractivity contribution in [2.45, 2.75) is 24.3 Å². The van der Waals surface area contributed by atoms with Crippen LogP contribution in [0.4, 0.5) is 5.69 Å². The van der Waals surface area contributed by atoms with E-state index in [4.69, 9.17) is 4.42 Å². The van der Waals surface area contributed by atoms with Crippen LogP contribution in [0.1, 0.15) is 18.4 Å². The number of thioether (sulfide) groups is 1. The lowest BCUT2D eigenvalue weighted by Gasteiger charge is -1.99. The predicted octanol–water partition coefficient (Wildman–Crippen LogP) is 2.83. The Labute approximate surface area is 108 Å². The zero-order valence-electron chi connectivity index (χ0n) is 9.70. The molecule has 0 spiro atoms. The van der Waals surface area contributed by atoms with Crippen molar-refractivity contribution in [2.75, 3.05) is 0 Å². The molecule has 0 fully saturated rings. The Kier molecular flexibility index (Phi) is 3.93. The SMILES string of the molecule is CCc1nnc(SCc2ccccc2[N+](=O)[O-])o1. The molecular formula is C11H11N3O3S. The molecule has 1 heterocycles. The molecule has 0 N–H and O–H groups in total. The van der Waals surface area contributed by atoms with Crippen LogP contribution in [0.25, 0.3) is 0 Å². The average molecular weight is 265 g/mol. The van der Waals surface area contributed by atoms with Gasteiger partial charge in [-0.05, 0) is 0 Å². The molecule has 0 radical (unpaired) electrons. The first kappa shape index (κ1) is 12.6. The normalized spacial score (nSPS) is 10.5. The van der Waals surface area contributed by atoms with Crippen LogP contribution in [0.5, 0.6) is 0 Å². The molecule has 1 aromatic carbocycles. The Morgan fingerprint density at radius 3 is 2.83 bits per heavy atom. The first-order valence-electron chi connectivity index (χ1n) is 5.38. The van der Waals surface area contributed by atoms with Crippen molar-refractivity contribution < 1.29 is 9.34 Å². The van der Waals surface area contributed by atoms with Gasteiger partial charge in [-0.3, -0.25) is 10.1 Å². The summed E-state index contributed by atoms with van der Waals surface area (Å²) < 4.78 is 5.33. The van der Waals surface area contributed by atoms with E-state index >= 15 is 0 Å². The van der Waals surface area contributed by atoms with Gasteiger partial charge in [0, 0.05) is 23.8 Å². The van der Waals surface area contributed by atoms with E-state index < -0.39 is 0 Å². The summed E-state index contributed by atoms with van der Waals surface area (Å²) in [5.41, 5.74) is 0.754. The number of rotatable bonds is 5. The highest BCUT2D eigenvalue weighted by Crippen LogP contribution is 2.26. The van der Waals surface area contributed by atoms with Crippen LogP contribution in [0.15, 0.2) is 33.9 Å². The Morgan fingerprint density at radius 1 is 1.39 bits per heavy atom. The minimum absolute atomic E-state index is 0.111. The maximum absolute atomic E-state index is 10.8. The number of aryl methyl sites for hydroxylation is 1. The second kappa shape index (κ2) is 5.63. The first-order valence-corrected chi connectivity index (χ1v) is 6.36. The van der Waals surface area contributed by atoms with Gasteiger partial charge >= 0.3 is 0 Å². The topological polar surface area (TPSA) is 82.1 Å². The van der Waals surface area contributed by atoms with Gasteiger partial charge in [0.2, 0.25) is 5.89 Å². The highest BCUT2D eigenvalue weighted by Gasteiger charge is 2.14. The lowest BCUT2D eigenvalue weighted by Crippen LogP contribution is -1.93. The molecule has 1 aromatic heterocycles. The van der Waals surface area contributed by atoms with Crippen LogP contribution in [0.3, 0.4) is 0 Å². The van der Waals surface area contributed by atoms with Crippen molar-refractivity contribution >= 4 is 17.4 Å². The van der Waals surface area contributed by atoms with E-state index in [9.17, 15) is 10.1 Å². The monoisotopic (exact) mass is 265 g/mol. The summed E-state index contributed by atoms with van der Waals surface area (Å²) in [6.07, 6.45) is 0.680. The van der Waals surface area contributed by atoms with E-state index in [2.05, 4.69) is 10.2 Å². The van der Waals surface area contributed by atoms with Crippen molar-refractivity contribution in [1.82, 2.24) is 10.2 Å². The molecule has 2 aromatic rings. The zero-order chi connectivity index (χ0) is 13.0. The van der Waals surface area contributed by atoms with E-state index in [1.54, 1.807) is 18.2 Å². The third-order valence-corrected chi connectivity index (χ3v) is 3.16. The van der Waals surface area contributed by atoms with Crippen LogP contribution in [-0.2, 0) is 12.2 Å². The van der Waals surface area contributed by atoms with Crippen LogP contribution in [-0.4, -0.2) is 15.1 Å². The molecule has 0 aliphatic rings. The van der Waals surface area contributed by atoms with Crippen molar-refractivity contribution in [1.29, 1.82) is 0 Å². The fourth-order valence-electron chi connectivity index (χ4n) is 1.39. The number of nitro groups is 1. The molecule has 0 unspecified atom stereocenters. The highest BCUT2D eigenvalue weighted by molar-refractivity contribution is 7.98. The number of nitrogens with zero attached hydrogens (tertiary/aromatic N) is 3. The van der Waals surface area contributed by atoms with E-state index in [-0.39, 0.29) is 10.6 Å². The van der Waals surface area contributed by atoms with E-state index in [1.807, 2.05) is 6.92 Å². The summed E-state index contributed by atoms with van der Waals surface area (Å²) in [5, 5.41) is 18.9. The summed E-state index contributed by atoms with van der Waals surface area (Å²) in [6.45, 7) is 1.92. The average Bonchev–Trinajstić information content (AvgIpc) is 2.84. The van der Waals surface area contributed by atoms with Gasteiger partial charge in [-0.2, -0.15) is 0 Å². The molecule has 94 valence electrons. The van der Waals surface area contributed by atoms with Crippen LogP contribution in [0, 0.1) is 10.1 Å². The summed E-state index contributed by atoms with van der Waals surface area (Å²) in [6, 6.07) is 6.63. The van der Waals surface area contributed by atoms with Gasteiger partial charge in [0.1, 0.15) is 0 Å². The number of hydrogen-bond acceptors (Lipinski definition) is 6. The lowest BCUT2D eigenvalue weighted by molar-refractivity contribution is -0.385. The molecule has 2 rings (SSSR count). The Bertz CT molecular complexity index is 556. The van der Waals surface area contributed by atoms with Gasteiger partial charge in [-0.1, -0.05) is 36.9 Å².